The van der Waals surface area contributed by atoms with Crippen molar-refractivity contribution in [3.05, 3.63) is 66.5 Å². The zero-order valence-electron chi connectivity index (χ0n) is 17.6. The summed E-state index contributed by atoms with van der Waals surface area (Å²) in [5, 5.41) is 12.6. The van der Waals surface area contributed by atoms with Gasteiger partial charge >= 0.3 is 0 Å². The second kappa shape index (κ2) is 11.0. The molecule has 31 heavy (non-hydrogen) atoms. The number of nitrogens with one attached hydrogen (secondary N) is 1. The maximum Gasteiger partial charge on any atom is 0.230 e. The Hall–Kier alpha value is -2.80. The highest BCUT2D eigenvalue weighted by Gasteiger charge is 2.18. The maximum absolute atomic E-state index is 12.5. The number of para-hydroxylation sites is 2. The van der Waals surface area contributed by atoms with Gasteiger partial charge in [0.25, 0.3) is 0 Å². The summed E-state index contributed by atoms with van der Waals surface area (Å²) in [4.78, 5) is 12.5. The molecule has 1 N–H and O–H groups in total. The Labute approximate surface area is 187 Å². The number of aromatic nitrogens is 3. The Bertz CT molecular complexity index is 954. The van der Waals surface area contributed by atoms with Gasteiger partial charge in [-0.2, -0.15) is 0 Å². The Morgan fingerprint density at radius 1 is 0.968 bits per heavy atom. The van der Waals surface area contributed by atoms with Gasteiger partial charge in [-0.1, -0.05) is 73.8 Å². The molecule has 0 unspecified atom stereocenters. The first-order valence-corrected chi connectivity index (χ1v) is 11.9. The normalized spacial score (nSPS) is 14.7. The van der Waals surface area contributed by atoms with Gasteiger partial charge in [0.05, 0.1) is 5.75 Å². The van der Waals surface area contributed by atoms with E-state index in [0.29, 0.717) is 29.4 Å². The highest BCUT2D eigenvalue weighted by atomic mass is 32.2. The van der Waals surface area contributed by atoms with Gasteiger partial charge in [-0.3, -0.25) is 9.36 Å². The van der Waals surface area contributed by atoms with E-state index in [1.54, 1.807) is 0 Å². The Balaban J connectivity index is 1.44. The molecule has 1 amide bonds. The SMILES string of the molecule is O=C(CSc1nnc(COc2ccccc2)n1-c1ccccc1)NC1CCCCCC1. The van der Waals surface area contributed by atoms with Gasteiger partial charge in [0, 0.05) is 11.7 Å². The molecule has 0 aliphatic heterocycles. The van der Waals surface area contributed by atoms with Gasteiger partial charge in [-0.05, 0) is 37.1 Å². The molecule has 1 heterocycles. The van der Waals surface area contributed by atoms with Crippen LogP contribution >= 0.6 is 11.8 Å². The summed E-state index contributed by atoms with van der Waals surface area (Å²) in [7, 11) is 0. The fourth-order valence-electron chi connectivity index (χ4n) is 3.81. The average Bonchev–Trinajstić information content (AvgIpc) is 3.04. The van der Waals surface area contributed by atoms with Crippen molar-refractivity contribution in [1.29, 1.82) is 0 Å². The highest BCUT2D eigenvalue weighted by Crippen LogP contribution is 2.23. The minimum absolute atomic E-state index is 0.0570. The lowest BCUT2D eigenvalue weighted by Gasteiger charge is -2.16. The van der Waals surface area contributed by atoms with Crippen molar-refractivity contribution in [3.8, 4) is 11.4 Å². The Morgan fingerprint density at radius 2 is 1.65 bits per heavy atom. The molecule has 0 radical (unpaired) electrons. The van der Waals surface area contributed by atoms with Crippen LogP contribution in [-0.4, -0.2) is 32.5 Å². The summed E-state index contributed by atoms with van der Waals surface area (Å²) in [6.45, 7) is 0.292. The summed E-state index contributed by atoms with van der Waals surface area (Å²) >= 11 is 1.41. The summed E-state index contributed by atoms with van der Waals surface area (Å²) in [6, 6.07) is 19.9. The van der Waals surface area contributed by atoms with Crippen LogP contribution in [0.5, 0.6) is 5.75 Å². The molecule has 7 heteroatoms. The predicted octanol–water partition coefficient (Wildman–Crippen LogP) is 4.78. The molecule has 1 aliphatic carbocycles. The molecule has 0 saturated heterocycles. The third-order valence-electron chi connectivity index (χ3n) is 5.38. The number of hydrogen-bond acceptors (Lipinski definition) is 5. The smallest absolute Gasteiger partial charge is 0.230 e. The van der Waals surface area contributed by atoms with E-state index >= 15 is 0 Å². The largest absolute Gasteiger partial charge is 0.486 e. The molecule has 6 nitrogen and oxygen atoms in total. The second-order valence-corrected chi connectivity index (χ2v) is 8.66. The first-order valence-electron chi connectivity index (χ1n) is 10.9. The average molecular weight is 437 g/mol. The highest BCUT2D eigenvalue weighted by molar-refractivity contribution is 7.99. The van der Waals surface area contributed by atoms with Crippen LogP contribution in [0.4, 0.5) is 0 Å². The monoisotopic (exact) mass is 436 g/mol. The molecule has 0 atom stereocenters. The summed E-state index contributed by atoms with van der Waals surface area (Å²) < 4.78 is 7.86. The van der Waals surface area contributed by atoms with Crippen molar-refractivity contribution >= 4 is 17.7 Å². The van der Waals surface area contributed by atoms with E-state index in [2.05, 4.69) is 15.5 Å². The molecule has 1 fully saturated rings. The van der Waals surface area contributed by atoms with Gasteiger partial charge in [-0.15, -0.1) is 10.2 Å². The maximum atomic E-state index is 12.5. The molecule has 1 saturated carbocycles. The first-order chi connectivity index (χ1) is 15.3. The minimum atomic E-state index is 0.0570. The van der Waals surface area contributed by atoms with Gasteiger partial charge in [-0.25, -0.2) is 0 Å². The molecular formula is C24H28N4O2S. The van der Waals surface area contributed by atoms with Crippen LogP contribution in [-0.2, 0) is 11.4 Å². The van der Waals surface area contributed by atoms with Crippen LogP contribution in [0.25, 0.3) is 5.69 Å². The molecule has 2 aromatic carbocycles. The van der Waals surface area contributed by atoms with Gasteiger partial charge in [0.15, 0.2) is 11.0 Å². The van der Waals surface area contributed by atoms with Crippen LogP contribution in [0.15, 0.2) is 65.8 Å². The van der Waals surface area contributed by atoms with Crippen molar-refractivity contribution in [1.82, 2.24) is 20.1 Å². The molecule has 0 bridgehead atoms. The standard InChI is InChI=1S/C24H28N4O2S/c29-23(25-19-11-5-1-2-6-12-19)18-31-24-27-26-22(17-30-21-15-9-4-10-16-21)28(24)20-13-7-3-8-14-20/h3-4,7-10,13-16,19H,1-2,5-6,11-12,17-18H2,(H,25,29). The lowest BCUT2D eigenvalue weighted by atomic mass is 10.1. The quantitative estimate of drug-likeness (QED) is 0.407. The topological polar surface area (TPSA) is 69.0 Å². The summed E-state index contributed by atoms with van der Waals surface area (Å²) in [5.74, 6) is 1.85. The molecule has 162 valence electrons. The first kappa shape index (κ1) is 21.4. The molecule has 0 spiro atoms. The number of thioether (sulfide) groups is 1. The van der Waals surface area contributed by atoms with Crippen LogP contribution in [0, 0.1) is 0 Å². The summed E-state index contributed by atoms with van der Waals surface area (Å²) in [5.41, 5.74) is 0.950. The van der Waals surface area contributed by atoms with Crippen molar-refractivity contribution in [2.45, 2.75) is 56.3 Å². The zero-order chi connectivity index (χ0) is 21.3. The molecule has 1 aromatic heterocycles. The number of rotatable bonds is 8. The van der Waals surface area contributed by atoms with Crippen LogP contribution in [0.1, 0.15) is 44.3 Å². The number of carbonyl (C=O) groups excluding carboxylic acids is 1. The van der Waals surface area contributed by atoms with Gasteiger partial charge in [0.2, 0.25) is 5.91 Å². The van der Waals surface area contributed by atoms with E-state index in [1.165, 1.54) is 37.4 Å². The van der Waals surface area contributed by atoms with Gasteiger partial charge < -0.3 is 10.1 Å². The number of benzene rings is 2. The Morgan fingerprint density at radius 3 is 2.35 bits per heavy atom. The molecule has 3 aromatic rings. The minimum Gasteiger partial charge on any atom is -0.486 e. The van der Waals surface area contributed by atoms with Crippen molar-refractivity contribution in [2.24, 2.45) is 0 Å². The van der Waals surface area contributed by atoms with Crippen molar-refractivity contribution in [2.75, 3.05) is 5.75 Å². The van der Waals surface area contributed by atoms with Crippen molar-refractivity contribution in [3.63, 3.8) is 0 Å². The lowest BCUT2D eigenvalue weighted by molar-refractivity contribution is -0.119. The van der Waals surface area contributed by atoms with E-state index in [0.717, 1.165) is 24.3 Å². The predicted molar refractivity (Wildman–Crippen MR) is 122 cm³/mol. The van der Waals surface area contributed by atoms with Crippen LogP contribution in [0.3, 0.4) is 0 Å². The van der Waals surface area contributed by atoms with E-state index in [4.69, 9.17) is 4.74 Å². The number of carbonyl (C=O) groups is 1. The van der Waals surface area contributed by atoms with E-state index < -0.39 is 0 Å². The zero-order valence-corrected chi connectivity index (χ0v) is 18.4. The number of ether oxygens (including phenoxy) is 1. The molecular weight excluding hydrogens is 408 g/mol. The van der Waals surface area contributed by atoms with Crippen LogP contribution in [0.2, 0.25) is 0 Å². The second-order valence-electron chi connectivity index (χ2n) is 7.72. The van der Waals surface area contributed by atoms with Crippen LogP contribution < -0.4 is 10.1 Å². The molecule has 1 aliphatic rings. The van der Waals surface area contributed by atoms with E-state index in [1.807, 2.05) is 65.2 Å². The molecule has 4 rings (SSSR count). The third-order valence-corrected chi connectivity index (χ3v) is 6.31. The number of hydrogen-bond donors (Lipinski definition) is 1. The fraction of sp³-hybridized carbons (Fsp3) is 0.375. The van der Waals surface area contributed by atoms with Crippen molar-refractivity contribution < 1.29 is 9.53 Å². The third kappa shape index (κ3) is 6.10. The van der Waals surface area contributed by atoms with E-state index in [9.17, 15) is 4.79 Å². The van der Waals surface area contributed by atoms with Gasteiger partial charge in [0.1, 0.15) is 12.4 Å². The summed E-state index contributed by atoms with van der Waals surface area (Å²) in [6.07, 6.45) is 7.11. The van der Waals surface area contributed by atoms with E-state index in [-0.39, 0.29) is 5.91 Å². The fourth-order valence-corrected chi connectivity index (χ4v) is 4.59. The lowest BCUT2D eigenvalue weighted by Crippen LogP contribution is -2.35. The Kier molecular flexibility index (Phi) is 7.60. The number of amides is 1. The number of nitrogens with zero attached hydrogens (tertiary/aromatic N) is 3.